The van der Waals surface area contributed by atoms with Gasteiger partial charge in [0.25, 0.3) is 0 Å². The van der Waals surface area contributed by atoms with Crippen molar-refractivity contribution >= 4 is 0 Å². The summed E-state index contributed by atoms with van der Waals surface area (Å²) >= 11 is 0. The minimum absolute atomic E-state index is 0.245. The second-order valence-corrected chi connectivity index (χ2v) is 4.27. The average molecular weight is 251 g/mol. The third-order valence-corrected chi connectivity index (χ3v) is 2.89. The molecule has 0 saturated carbocycles. The van der Waals surface area contributed by atoms with Crippen LogP contribution in [0.3, 0.4) is 0 Å². The quantitative estimate of drug-likeness (QED) is 0.684. The number of benzene rings is 1. The van der Waals surface area contributed by atoms with E-state index in [1.165, 1.54) is 5.56 Å². The molecule has 1 atom stereocenters. The van der Waals surface area contributed by atoms with Crippen LogP contribution in [0.1, 0.15) is 38.3 Å². The van der Waals surface area contributed by atoms with Crippen LogP contribution in [0.5, 0.6) is 5.75 Å². The lowest BCUT2D eigenvalue weighted by Crippen LogP contribution is -2.21. The van der Waals surface area contributed by atoms with Gasteiger partial charge in [-0.2, -0.15) is 0 Å². The van der Waals surface area contributed by atoms with Crippen molar-refractivity contribution < 1.29 is 9.47 Å². The Morgan fingerprint density at radius 3 is 2.44 bits per heavy atom. The van der Waals surface area contributed by atoms with Gasteiger partial charge in [0.1, 0.15) is 5.75 Å². The van der Waals surface area contributed by atoms with Gasteiger partial charge in [-0.3, -0.25) is 0 Å². The molecule has 3 nitrogen and oxygen atoms in total. The molecule has 1 aromatic carbocycles. The first-order valence-corrected chi connectivity index (χ1v) is 6.79. The monoisotopic (exact) mass is 251 g/mol. The van der Waals surface area contributed by atoms with Crippen molar-refractivity contribution in [2.24, 2.45) is 0 Å². The maximum atomic E-state index is 5.64. The summed E-state index contributed by atoms with van der Waals surface area (Å²) < 4.78 is 11.1. The van der Waals surface area contributed by atoms with Gasteiger partial charge in [0.05, 0.1) is 19.3 Å². The molecular weight excluding hydrogens is 226 g/mol. The van der Waals surface area contributed by atoms with E-state index in [0.29, 0.717) is 6.61 Å². The first kappa shape index (κ1) is 15.0. The molecule has 0 fully saturated rings. The molecule has 0 saturated heterocycles. The van der Waals surface area contributed by atoms with E-state index in [-0.39, 0.29) is 6.04 Å². The van der Waals surface area contributed by atoms with Crippen LogP contribution in [0.15, 0.2) is 24.3 Å². The molecule has 0 aliphatic carbocycles. The fourth-order valence-corrected chi connectivity index (χ4v) is 1.71. The smallest absolute Gasteiger partial charge is 0.119 e. The molecule has 0 bridgehead atoms. The van der Waals surface area contributed by atoms with E-state index in [1.807, 2.05) is 26.1 Å². The SMILES string of the molecule is CCCCOc1ccc(C(COCC)NC)cc1. The summed E-state index contributed by atoms with van der Waals surface area (Å²) in [5.41, 5.74) is 1.23. The largest absolute Gasteiger partial charge is 0.494 e. The molecule has 0 aliphatic rings. The van der Waals surface area contributed by atoms with E-state index in [4.69, 9.17) is 9.47 Å². The first-order chi connectivity index (χ1) is 8.81. The van der Waals surface area contributed by atoms with Crippen LogP contribution in [-0.4, -0.2) is 26.9 Å². The summed E-state index contributed by atoms with van der Waals surface area (Å²) in [5.74, 6) is 0.943. The highest BCUT2D eigenvalue weighted by atomic mass is 16.5. The average Bonchev–Trinajstić information content (AvgIpc) is 2.41. The first-order valence-electron chi connectivity index (χ1n) is 6.79. The van der Waals surface area contributed by atoms with E-state index >= 15 is 0 Å². The number of unbranched alkanes of at least 4 members (excludes halogenated alkanes) is 1. The highest BCUT2D eigenvalue weighted by Gasteiger charge is 2.08. The van der Waals surface area contributed by atoms with Gasteiger partial charge in [-0.1, -0.05) is 25.5 Å². The fraction of sp³-hybridized carbons (Fsp3) is 0.600. The Balaban J connectivity index is 2.51. The number of rotatable bonds is 9. The van der Waals surface area contributed by atoms with E-state index in [1.54, 1.807) is 0 Å². The summed E-state index contributed by atoms with van der Waals surface area (Å²) in [7, 11) is 1.95. The summed E-state index contributed by atoms with van der Waals surface area (Å²) in [6.45, 7) is 6.42. The number of nitrogens with one attached hydrogen (secondary N) is 1. The molecule has 0 spiro atoms. The zero-order valence-corrected chi connectivity index (χ0v) is 11.7. The predicted molar refractivity (Wildman–Crippen MR) is 75.1 cm³/mol. The van der Waals surface area contributed by atoms with E-state index in [0.717, 1.165) is 31.8 Å². The highest BCUT2D eigenvalue weighted by molar-refractivity contribution is 5.29. The molecule has 102 valence electrons. The third-order valence-electron chi connectivity index (χ3n) is 2.89. The lowest BCUT2D eigenvalue weighted by Gasteiger charge is -2.16. The molecule has 0 aromatic heterocycles. The van der Waals surface area contributed by atoms with Gasteiger partial charge in [0.2, 0.25) is 0 Å². The molecule has 0 heterocycles. The minimum atomic E-state index is 0.245. The van der Waals surface area contributed by atoms with Crippen LogP contribution in [0.25, 0.3) is 0 Å². The summed E-state index contributed by atoms with van der Waals surface area (Å²) in [6.07, 6.45) is 2.26. The van der Waals surface area contributed by atoms with Crippen molar-refractivity contribution in [3.63, 3.8) is 0 Å². The molecule has 18 heavy (non-hydrogen) atoms. The molecule has 1 aromatic rings. The van der Waals surface area contributed by atoms with Gasteiger partial charge in [0, 0.05) is 6.61 Å². The Hall–Kier alpha value is -1.06. The van der Waals surface area contributed by atoms with Crippen molar-refractivity contribution in [1.29, 1.82) is 0 Å². The van der Waals surface area contributed by atoms with Crippen LogP contribution < -0.4 is 10.1 Å². The molecule has 3 heteroatoms. The van der Waals surface area contributed by atoms with Gasteiger partial charge in [-0.15, -0.1) is 0 Å². The Labute approximate surface area is 110 Å². The molecule has 1 N–H and O–H groups in total. The second kappa shape index (κ2) is 8.95. The molecular formula is C15H25NO2. The zero-order valence-electron chi connectivity index (χ0n) is 11.7. The summed E-state index contributed by atoms with van der Waals surface area (Å²) in [5, 5.41) is 3.26. The molecule has 0 amide bonds. The van der Waals surface area contributed by atoms with Crippen LogP contribution in [-0.2, 0) is 4.74 Å². The number of likely N-dealkylation sites (N-methyl/N-ethyl adjacent to an activating group) is 1. The Kier molecular flexibility index (Phi) is 7.46. The number of hydrogen-bond acceptors (Lipinski definition) is 3. The van der Waals surface area contributed by atoms with Crippen LogP contribution >= 0.6 is 0 Å². The lowest BCUT2D eigenvalue weighted by molar-refractivity contribution is 0.125. The molecule has 1 unspecified atom stereocenters. The van der Waals surface area contributed by atoms with Crippen molar-refractivity contribution in [1.82, 2.24) is 5.32 Å². The van der Waals surface area contributed by atoms with Crippen molar-refractivity contribution in [2.45, 2.75) is 32.7 Å². The second-order valence-electron chi connectivity index (χ2n) is 4.27. The van der Waals surface area contributed by atoms with Gasteiger partial charge < -0.3 is 14.8 Å². The summed E-state index contributed by atoms with van der Waals surface area (Å²) in [4.78, 5) is 0. The minimum Gasteiger partial charge on any atom is -0.494 e. The molecule has 0 aliphatic heterocycles. The molecule has 0 radical (unpaired) electrons. The van der Waals surface area contributed by atoms with E-state index < -0.39 is 0 Å². The topological polar surface area (TPSA) is 30.5 Å². The van der Waals surface area contributed by atoms with Crippen LogP contribution in [0.4, 0.5) is 0 Å². The molecule has 1 rings (SSSR count). The van der Waals surface area contributed by atoms with Crippen molar-refractivity contribution in [3.05, 3.63) is 29.8 Å². The standard InChI is InChI=1S/C15H25NO2/c1-4-6-11-18-14-9-7-13(8-10-14)15(16-3)12-17-5-2/h7-10,15-16H,4-6,11-12H2,1-3H3. The van der Waals surface area contributed by atoms with Crippen LogP contribution in [0, 0.1) is 0 Å². The zero-order chi connectivity index (χ0) is 13.2. The van der Waals surface area contributed by atoms with Gasteiger partial charge in [0.15, 0.2) is 0 Å². The Morgan fingerprint density at radius 2 is 1.89 bits per heavy atom. The number of ether oxygens (including phenoxy) is 2. The van der Waals surface area contributed by atoms with Gasteiger partial charge in [-0.25, -0.2) is 0 Å². The van der Waals surface area contributed by atoms with Crippen LogP contribution in [0.2, 0.25) is 0 Å². The Morgan fingerprint density at radius 1 is 1.17 bits per heavy atom. The van der Waals surface area contributed by atoms with E-state index in [2.05, 4.69) is 24.4 Å². The predicted octanol–water partition coefficient (Wildman–Crippen LogP) is 3.16. The van der Waals surface area contributed by atoms with Gasteiger partial charge >= 0.3 is 0 Å². The van der Waals surface area contributed by atoms with Crippen molar-refractivity contribution in [2.75, 3.05) is 26.9 Å². The van der Waals surface area contributed by atoms with Crippen molar-refractivity contribution in [3.8, 4) is 5.75 Å². The fourth-order valence-electron chi connectivity index (χ4n) is 1.71. The number of hydrogen-bond donors (Lipinski definition) is 1. The maximum Gasteiger partial charge on any atom is 0.119 e. The normalized spacial score (nSPS) is 12.4. The maximum absolute atomic E-state index is 5.64. The summed E-state index contributed by atoms with van der Waals surface area (Å²) in [6, 6.07) is 8.50. The Bertz CT molecular complexity index is 311. The third kappa shape index (κ3) is 5.07. The highest BCUT2D eigenvalue weighted by Crippen LogP contribution is 2.18. The van der Waals surface area contributed by atoms with E-state index in [9.17, 15) is 0 Å². The van der Waals surface area contributed by atoms with Gasteiger partial charge in [-0.05, 0) is 38.1 Å². The lowest BCUT2D eigenvalue weighted by atomic mass is 10.1.